The number of aryl methyl sites for hydroxylation is 1. The van der Waals surface area contributed by atoms with Crippen molar-refractivity contribution in [2.75, 3.05) is 11.9 Å². The van der Waals surface area contributed by atoms with Gasteiger partial charge < -0.3 is 15.8 Å². The summed E-state index contributed by atoms with van der Waals surface area (Å²) < 4.78 is 5.49. The monoisotopic (exact) mass is 234 g/mol. The van der Waals surface area contributed by atoms with Gasteiger partial charge in [-0.3, -0.25) is 4.79 Å². The fourth-order valence-corrected chi connectivity index (χ4v) is 1.82. The van der Waals surface area contributed by atoms with Crippen LogP contribution in [0.25, 0.3) is 0 Å². The van der Waals surface area contributed by atoms with Crippen LogP contribution in [0.3, 0.4) is 0 Å². The number of hydrogen-bond acceptors (Lipinski definition) is 3. The minimum Gasteiger partial charge on any atom is -0.491 e. The van der Waals surface area contributed by atoms with E-state index in [9.17, 15) is 4.79 Å². The Morgan fingerprint density at radius 3 is 3.12 bits per heavy atom. The summed E-state index contributed by atoms with van der Waals surface area (Å²) >= 11 is 0. The van der Waals surface area contributed by atoms with Crippen molar-refractivity contribution in [2.24, 2.45) is 5.73 Å². The second-order valence-electron chi connectivity index (χ2n) is 4.49. The number of ether oxygens (including phenoxy) is 1. The Hall–Kier alpha value is -1.55. The van der Waals surface area contributed by atoms with Gasteiger partial charge in [-0.2, -0.15) is 0 Å². The Morgan fingerprint density at radius 1 is 1.53 bits per heavy atom. The molecule has 2 rings (SSSR count). The number of amides is 1. The third-order valence-electron chi connectivity index (χ3n) is 2.79. The number of nitrogens with two attached hydrogens (primary N) is 1. The average Bonchev–Trinajstić information content (AvgIpc) is 2.46. The molecule has 4 nitrogen and oxygen atoms in total. The van der Waals surface area contributed by atoms with Gasteiger partial charge >= 0.3 is 0 Å². The quantitative estimate of drug-likeness (QED) is 0.836. The number of hydrogen-bond donors (Lipinski definition) is 2. The number of carbonyl (C=O) groups is 1. The van der Waals surface area contributed by atoms with Gasteiger partial charge in [0.05, 0.1) is 18.7 Å². The first-order chi connectivity index (χ1) is 8.15. The summed E-state index contributed by atoms with van der Waals surface area (Å²) in [5, 5.41) is 2.86. The summed E-state index contributed by atoms with van der Waals surface area (Å²) in [4.78, 5) is 11.4. The zero-order chi connectivity index (χ0) is 12.3. The van der Waals surface area contributed by atoms with Gasteiger partial charge in [0.15, 0.2) is 0 Å². The van der Waals surface area contributed by atoms with Crippen LogP contribution in [0.4, 0.5) is 5.69 Å². The molecule has 1 aromatic carbocycles. The van der Waals surface area contributed by atoms with Gasteiger partial charge in [0.25, 0.3) is 0 Å². The number of carbonyl (C=O) groups excluding carboxylic acids is 1. The summed E-state index contributed by atoms with van der Waals surface area (Å²) in [7, 11) is 0. The SMILES string of the molecule is CC(N)CCc1ccc2c(c1)NC(=O)CCO2. The van der Waals surface area contributed by atoms with Crippen LogP contribution in [0.2, 0.25) is 0 Å². The molecule has 4 heteroatoms. The number of anilines is 1. The van der Waals surface area contributed by atoms with E-state index in [-0.39, 0.29) is 11.9 Å². The second-order valence-corrected chi connectivity index (χ2v) is 4.49. The molecular weight excluding hydrogens is 216 g/mol. The first kappa shape index (κ1) is 11.9. The fraction of sp³-hybridized carbons (Fsp3) is 0.462. The van der Waals surface area contributed by atoms with E-state index in [1.807, 2.05) is 25.1 Å². The van der Waals surface area contributed by atoms with Crippen LogP contribution in [-0.4, -0.2) is 18.6 Å². The Balaban J connectivity index is 2.14. The Bertz CT molecular complexity index is 416. The highest BCUT2D eigenvalue weighted by atomic mass is 16.5. The Kier molecular flexibility index (Phi) is 3.64. The Morgan fingerprint density at radius 2 is 2.35 bits per heavy atom. The van der Waals surface area contributed by atoms with Gasteiger partial charge in [0.1, 0.15) is 5.75 Å². The lowest BCUT2D eigenvalue weighted by molar-refractivity contribution is -0.116. The normalized spacial score (nSPS) is 16.5. The molecule has 1 aliphatic heterocycles. The topological polar surface area (TPSA) is 64.3 Å². The maximum absolute atomic E-state index is 11.4. The molecule has 0 aliphatic carbocycles. The number of benzene rings is 1. The lowest BCUT2D eigenvalue weighted by atomic mass is 10.1. The minimum atomic E-state index is 0.00749. The van der Waals surface area contributed by atoms with Crippen LogP contribution < -0.4 is 15.8 Å². The molecule has 0 bridgehead atoms. The summed E-state index contributed by atoms with van der Waals surface area (Å²) in [5.74, 6) is 0.758. The third kappa shape index (κ3) is 3.20. The van der Waals surface area contributed by atoms with Gasteiger partial charge in [0.2, 0.25) is 5.91 Å². The van der Waals surface area contributed by atoms with Crippen LogP contribution in [0.5, 0.6) is 5.75 Å². The molecule has 1 unspecified atom stereocenters. The number of fused-ring (bicyclic) bond motifs is 1. The predicted octanol–water partition coefficient (Wildman–Crippen LogP) is 1.69. The van der Waals surface area contributed by atoms with Crippen LogP contribution in [0, 0.1) is 0 Å². The van der Waals surface area contributed by atoms with Crippen molar-refractivity contribution >= 4 is 11.6 Å². The number of rotatable bonds is 3. The zero-order valence-corrected chi connectivity index (χ0v) is 10.0. The molecule has 1 aliphatic rings. The van der Waals surface area contributed by atoms with E-state index in [0.29, 0.717) is 13.0 Å². The molecule has 0 radical (unpaired) electrons. The van der Waals surface area contributed by atoms with E-state index in [1.165, 1.54) is 5.56 Å². The van der Waals surface area contributed by atoms with Crippen molar-refractivity contribution in [3.8, 4) is 5.75 Å². The first-order valence-corrected chi connectivity index (χ1v) is 5.96. The highest BCUT2D eigenvalue weighted by molar-refractivity contribution is 5.93. The molecule has 0 saturated heterocycles. The number of nitrogens with one attached hydrogen (secondary N) is 1. The van der Waals surface area contributed by atoms with Gasteiger partial charge in [-0.15, -0.1) is 0 Å². The standard InChI is InChI=1S/C13H18N2O2/c1-9(14)2-3-10-4-5-12-11(8-10)15-13(16)6-7-17-12/h4-5,8-9H,2-3,6-7,14H2,1H3,(H,15,16). The van der Waals surface area contributed by atoms with Gasteiger partial charge in [-0.1, -0.05) is 6.07 Å². The van der Waals surface area contributed by atoms with Crippen molar-refractivity contribution in [3.63, 3.8) is 0 Å². The third-order valence-corrected chi connectivity index (χ3v) is 2.79. The second kappa shape index (κ2) is 5.19. The van der Waals surface area contributed by atoms with Crippen LogP contribution in [-0.2, 0) is 11.2 Å². The fourth-order valence-electron chi connectivity index (χ4n) is 1.82. The van der Waals surface area contributed by atoms with E-state index >= 15 is 0 Å². The van der Waals surface area contributed by atoms with Crippen LogP contribution in [0.1, 0.15) is 25.3 Å². The highest BCUT2D eigenvalue weighted by Gasteiger charge is 2.13. The molecule has 0 fully saturated rings. The maximum atomic E-state index is 11.4. The molecule has 1 aromatic rings. The highest BCUT2D eigenvalue weighted by Crippen LogP contribution is 2.28. The molecule has 1 atom stereocenters. The molecule has 3 N–H and O–H groups in total. The summed E-state index contributed by atoms with van der Waals surface area (Å²) in [6.07, 6.45) is 2.26. The maximum Gasteiger partial charge on any atom is 0.227 e. The molecule has 1 amide bonds. The molecule has 0 aromatic heterocycles. The minimum absolute atomic E-state index is 0.00749. The van der Waals surface area contributed by atoms with E-state index < -0.39 is 0 Å². The average molecular weight is 234 g/mol. The van der Waals surface area contributed by atoms with Crippen LogP contribution in [0.15, 0.2) is 18.2 Å². The predicted molar refractivity (Wildman–Crippen MR) is 67.2 cm³/mol. The molecule has 17 heavy (non-hydrogen) atoms. The van der Waals surface area contributed by atoms with Crippen molar-refractivity contribution in [3.05, 3.63) is 23.8 Å². The van der Waals surface area contributed by atoms with Gasteiger partial charge in [-0.25, -0.2) is 0 Å². The lowest BCUT2D eigenvalue weighted by Crippen LogP contribution is -2.15. The first-order valence-electron chi connectivity index (χ1n) is 5.96. The van der Waals surface area contributed by atoms with Gasteiger partial charge in [-0.05, 0) is 37.5 Å². The van der Waals surface area contributed by atoms with Crippen molar-refractivity contribution in [1.82, 2.24) is 0 Å². The summed E-state index contributed by atoms with van der Waals surface area (Å²) in [5.41, 5.74) is 7.68. The van der Waals surface area contributed by atoms with E-state index in [0.717, 1.165) is 24.3 Å². The van der Waals surface area contributed by atoms with Crippen molar-refractivity contribution in [2.45, 2.75) is 32.2 Å². The molecular formula is C13H18N2O2. The van der Waals surface area contributed by atoms with Gasteiger partial charge in [0, 0.05) is 6.04 Å². The lowest BCUT2D eigenvalue weighted by Gasteiger charge is -2.10. The summed E-state index contributed by atoms with van der Waals surface area (Å²) in [6, 6.07) is 6.11. The van der Waals surface area contributed by atoms with Crippen LogP contribution >= 0.6 is 0 Å². The van der Waals surface area contributed by atoms with Crippen molar-refractivity contribution < 1.29 is 9.53 Å². The largest absolute Gasteiger partial charge is 0.491 e. The van der Waals surface area contributed by atoms with E-state index in [2.05, 4.69) is 5.32 Å². The Labute approximate surface area is 101 Å². The summed E-state index contributed by atoms with van der Waals surface area (Å²) in [6.45, 7) is 2.44. The molecule has 1 heterocycles. The smallest absolute Gasteiger partial charge is 0.227 e. The molecule has 0 saturated carbocycles. The van der Waals surface area contributed by atoms with E-state index in [4.69, 9.17) is 10.5 Å². The zero-order valence-electron chi connectivity index (χ0n) is 10.0. The molecule has 92 valence electrons. The van der Waals surface area contributed by atoms with E-state index in [1.54, 1.807) is 0 Å². The van der Waals surface area contributed by atoms with Crippen molar-refractivity contribution in [1.29, 1.82) is 0 Å². The molecule has 0 spiro atoms.